The summed E-state index contributed by atoms with van der Waals surface area (Å²) >= 11 is 2.90. The second-order valence-electron chi connectivity index (χ2n) is 3.56. The number of amides is 1. The Morgan fingerprint density at radius 1 is 1.47 bits per heavy atom. The second kappa shape index (κ2) is 7.04. The first kappa shape index (κ1) is 13.7. The Balaban J connectivity index is 1.84. The summed E-state index contributed by atoms with van der Waals surface area (Å²) in [6, 6.07) is 3.52. The smallest absolute Gasteiger partial charge is 0.261 e. The molecule has 6 heteroatoms. The van der Waals surface area contributed by atoms with Gasteiger partial charge in [0.15, 0.2) is 0 Å². The van der Waals surface area contributed by atoms with Gasteiger partial charge in [-0.25, -0.2) is 4.98 Å². The van der Waals surface area contributed by atoms with Crippen LogP contribution >= 0.6 is 22.7 Å². The molecule has 4 nitrogen and oxygen atoms in total. The Morgan fingerprint density at radius 2 is 2.37 bits per heavy atom. The van der Waals surface area contributed by atoms with Crippen LogP contribution in [0.4, 0.5) is 0 Å². The van der Waals surface area contributed by atoms with Crippen LogP contribution in [0.2, 0.25) is 0 Å². The summed E-state index contributed by atoms with van der Waals surface area (Å²) in [4.78, 5) is 17.4. The van der Waals surface area contributed by atoms with Crippen molar-refractivity contribution in [2.45, 2.75) is 6.42 Å². The first-order chi connectivity index (χ1) is 9.29. The van der Waals surface area contributed by atoms with Crippen molar-refractivity contribution in [1.82, 2.24) is 10.3 Å². The predicted molar refractivity (Wildman–Crippen MR) is 76.4 cm³/mol. The minimum atomic E-state index is -0.173. The molecule has 19 heavy (non-hydrogen) atoms. The van der Waals surface area contributed by atoms with Gasteiger partial charge in [0, 0.05) is 24.5 Å². The molecular weight excluding hydrogens is 280 g/mol. The maximum absolute atomic E-state index is 11.8. The fourth-order valence-corrected chi connectivity index (χ4v) is 2.82. The number of thiazole rings is 1. The molecule has 98 valence electrons. The highest BCUT2D eigenvalue weighted by Crippen LogP contribution is 2.15. The Morgan fingerprint density at radius 3 is 3.11 bits per heavy atom. The van der Waals surface area contributed by atoms with Crippen molar-refractivity contribution in [3.8, 4) is 11.8 Å². The molecule has 0 saturated heterocycles. The number of thiophene rings is 1. The number of carbonyl (C=O) groups excluding carboxylic acids is 1. The summed E-state index contributed by atoms with van der Waals surface area (Å²) in [5.74, 6) is 5.24. The van der Waals surface area contributed by atoms with Gasteiger partial charge < -0.3 is 10.4 Å². The van der Waals surface area contributed by atoms with Gasteiger partial charge in [-0.1, -0.05) is 11.8 Å². The Kier molecular flexibility index (Phi) is 5.10. The van der Waals surface area contributed by atoms with Crippen LogP contribution in [-0.4, -0.2) is 29.1 Å². The van der Waals surface area contributed by atoms with E-state index in [9.17, 15) is 4.79 Å². The summed E-state index contributed by atoms with van der Waals surface area (Å²) in [6.07, 6.45) is 2.50. The fraction of sp³-hybridized carbons (Fsp3) is 0.231. The quantitative estimate of drug-likeness (QED) is 0.840. The molecule has 2 heterocycles. The van der Waals surface area contributed by atoms with E-state index in [1.165, 1.54) is 11.3 Å². The molecule has 0 atom stereocenters. The molecule has 0 radical (unpaired) electrons. The van der Waals surface area contributed by atoms with Crippen molar-refractivity contribution in [3.63, 3.8) is 0 Å². The van der Waals surface area contributed by atoms with Crippen LogP contribution < -0.4 is 5.32 Å². The van der Waals surface area contributed by atoms with Crippen molar-refractivity contribution in [1.29, 1.82) is 0 Å². The van der Waals surface area contributed by atoms with Crippen molar-refractivity contribution in [2.75, 3.05) is 13.2 Å². The number of hydrogen-bond acceptors (Lipinski definition) is 5. The molecule has 0 unspecified atom stereocenters. The number of aromatic nitrogens is 1. The highest BCUT2D eigenvalue weighted by molar-refractivity contribution is 7.14. The Labute approximate surface area is 119 Å². The average Bonchev–Trinajstić information content (AvgIpc) is 3.07. The third-order valence-electron chi connectivity index (χ3n) is 2.23. The minimum absolute atomic E-state index is 0.0985. The SMILES string of the molecule is O=C(NCCc1nccs1)c1ccc(C#CCO)s1. The molecule has 2 N–H and O–H groups in total. The van der Waals surface area contributed by atoms with Crippen molar-refractivity contribution in [3.05, 3.63) is 38.5 Å². The molecule has 0 spiro atoms. The zero-order valence-electron chi connectivity index (χ0n) is 10.0. The lowest BCUT2D eigenvalue weighted by atomic mass is 10.4. The van der Waals surface area contributed by atoms with Crippen molar-refractivity contribution in [2.24, 2.45) is 0 Å². The fourth-order valence-electron chi connectivity index (χ4n) is 1.40. The summed E-state index contributed by atoms with van der Waals surface area (Å²) in [6.45, 7) is 0.398. The van der Waals surface area contributed by atoms with Crippen LogP contribution in [0, 0.1) is 11.8 Å². The molecule has 0 bridgehead atoms. The van der Waals surface area contributed by atoms with Crippen molar-refractivity contribution < 1.29 is 9.90 Å². The zero-order valence-corrected chi connectivity index (χ0v) is 11.7. The highest BCUT2D eigenvalue weighted by atomic mass is 32.1. The molecule has 2 aromatic heterocycles. The first-order valence-corrected chi connectivity index (χ1v) is 7.35. The number of aliphatic hydroxyl groups excluding tert-OH is 1. The van der Waals surface area contributed by atoms with Crippen LogP contribution in [-0.2, 0) is 6.42 Å². The van der Waals surface area contributed by atoms with Gasteiger partial charge in [0.2, 0.25) is 0 Å². The van der Waals surface area contributed by atoms with E-state index in [4.69, 9.17) is 5.11 Å². The molecule has 0 aliphatic heterocycles. The standard InChI is InChI=1S/C13H12N2O2S2/c16-8-1-2-10-3-4-11(19-10)13(17)15-6-5-12-14-7-9-18-12/h3-4,7,9,16H,5-6,8H2,(H,15,17). The summed E-state index contributed by atoms with van der Waals surface area (Å²) in [5, 5.41) is 14.4. The van der Waals surface area contributed by atoms with Crippen molar-refractivity contribution >= 4 is 28.6 Å². The summed E-state index contributed by atoms with van der Waals surface area (Å²) < 4.78 is 0. The van der Waals surface area contributed by atoms with E-state index in [1.54, 1.807) is 29.7 Å². The van der Waals surface area contributed by atoms with Crippen LogP contribution in [0.1, 0.15) is 19.6 Å². The van der Waals surface area contributed by atoms with E-state index in [1.807, 2.05) is 5.38 Å². The number of aliphatic hydroxyl groups is 1. The zero-order chi connectivity index (χ0) is 13.5. The van der Waals surface area contributed by atoms with Gasteiger partial charge in [-0.3, -0.25) is 4.79 Å². The predicted octanol–water partition coefficient (Wildman–Crippen LogP) is 1.52. The Hall–Kier alpha value is -1.68. The van der Waals surface area contributed by atoms with E-state index in [-0.39, 0.29) is 12.5 Å². The monoisotopic (exact) mass is 292 g/mol. The number of hydrogen-bond donors (Lipinski definition) is 2. The molecule has 0 aliphatic carbocycles. The normalized spacial score (nSPS) is 9.74. The molecule has 1 amide bonds. The van der Waals surface area contributed by atoms with E-state index in [0.717, 1.165) is 16.3 Å². The number of rotatable bonds is 4. The van der Waals surface area contributed by atoms with Gasteiger partial charge in [0.1, 0.15) is 6.61 Å². The number of carbonyl (C=O) groups is 1. The topological polar surface area (TPSA) is 62.2 Å². The number of nitrogens with zero attached hydrogens (tertiary/aromatic N) is 1. The highest BCUT2D eigenvalue weighted by Gasteiger charge is 2.08. The minimum Gasteiger partial charge on any atom is -0.384 e. The lowest BCUT2D eigenvalue weighted by Gasteiger charge is -2.00. The third kappa shape index (κ3) is 4.17. The van der Waals surface area contributed by atoms with Gasteiger partial charge in [-0.2, -0.15) is 0 Å². The second-order valence-corrected chi connectivity index (χ2v) is 5.62. The summed E-state index contributed by atoms with van der Waals surface area (Å²) in [7, 11) is 0. The van der Waals surface area contributed by atoms with Gasteiger partial charge in [0.05, 0.1) is 14.8 Å². The van der Waals surface area contributed by atoms with E-state index < -0.39 is 0 Å². The molecular formula is C13H12N2O2S2. The van der Waals surface area contributed by atoms with Crippen LogP contribution in [0.3, 0.4) is 0 Å². The molecule has 2 rings (SSSR count). The van der Waals surface area contributed by atoms with Gasteiger partial charge in [-0.05, 0) is 12.1 Å². The number of nitrogens with one attached hydrogen (secondary N) is 1. The van der Waals surface area contributed by atoms with Crippen LogP contribution in [0.25, 0.3) is 0 Å². The van der Waals surface area contributed by atoms with Gasteiger partial charge in [-0.15, -0.1) is 22.7 Å². The maximum Gasteiger partial charge on any atom is 0.261 e. The van der Waals surface area contributed by atoms with E-state index >= 15 is 0 Å². The first-order valence-electron chi connectivity index (χ1n) is 5.65. The average molecular weight is 292 g/mol. The van der Waals surface area contributed by atoms with E-state index in [2.05, 4.69) is 22.1 Å². The van der Waals surface area contributed by atoms with E-state index in [0.29, 0.717) is 11.4 Å². The van der Waals surface area contributed by atoms with Gasteiger partial charge in [0.25, 0.3) is 5.91 Å². The lowest BCUT2D eigenvalue weighted by Crippen LogP contribution is -2.24. The third-order valence-corrected chi connectivity index (χ3v) is 4.07. The molecule has 0 saturated carbocycles. The lowest BCUT2D eigenvalue weighted by molar-refractivity contribution is 0.0958. The molecule has 0 aromatic carbocycles. The summed E-state index contributed by atoms with van der Waals surface area (Å²) in [5.41, 5.74) is 0. The van der Waals surface area contributed by atoms with Crippen LogP contribution in [0.15, 0.2) is 23.7 Å². The Bertz CT molecular complexity index is 594. The molecule has 2 aromatic rings. The van der Waals surface area contributed by atoms with Gasteiger partial charge >= 0.3 is 0 Å². The molecule has 0 aliphatic rings. The maximum atomic E-state index is 11.8. The largest absolute Gasteiger partial charge is 0.384 e. The molecule has 0 fully saturated rings. The van der Waals surface area contributed by atoms with Crippen LogP contribution in [0.5, 0.6) is 0 Å².